The van der Waals surface area contributed by atoms with E-state index in [2.05, 4.69) is 169 Å². The Kier molecular flexibility index (Phi) is 6.60. The Morgan fingerprint density at radius 2 is 0.839 bits per heavy atom. The summed E-state index contributed by atoms with van der Waals surface area (Å²) >= 11 is 0. The van der Waals surface area contributed by atoms with E-state index in [1.54, 1.807) is 0 Å². The molecule has 0 saturated carbocycles. The third-order valence-electron chi connectivity index (χ3n) is 11.3. The van der Waals surface area contributed by atoms with Gasteiger partial charge in [0.1, 0.15) is 33.5 Å². The van der Waals surface area contributed by atoms with E-state index in [1.807, 2.05) is 24.3 Å². The molecule has 0 aliphatic carbocycles. The molecule has 4 nitrogen and oxygen atoms in total. The Labute approximate surface area is 321 Å². The number of hydrogen-bond donors (Lipinski definition) is 0. The molecule has 4 heteroatoms. The van der Waals surface area contributed by atoms with E-state index >= 15 is 0 Å². The van der Waals surface area contributed by atoms with E-state index in [9.17, 15) is 0 Å². The van der Waals surface area contributed by atoms with Gasteiger partial charge in [0.25, 0.3) is 0 Å². The first-order valence-electron chi connectivity index (χ1n) is 18.9. The first-order chi connectivity index (χ1) is 27.7. The van der Waals surface area contributed by atoms with Gasteiger partial charge in [0.2, 0.25) is 0 Å². The zero-order valence-electron chi connectivity index (χ0n) is 30.1. The highest BCUT2D eigenvalue weighted by Crippen LogP contribution is 2.47. The lowest BCUT2D eigenvalue weighted by molar-refractivity contribution is 0.668. The predicted octanol–water partition coefficient (Wildman–Crippen LogP) is 15.3. The summed E-state index contributed by atoms with van der Waals surface area (Å²) in [6.45, 7) is 0. The standard InChI is InChI=1S/C52H31NO3/c1-2-11-34-31-51-43(28-33(34)10-1)42-30-36(23-27-49(42)56-51)38-12-3-6-15-44(38)53(45-16-9-19-50-52(45)40-14-5-8-18-47(40)55-50)37-24-20-32(21-25-37)35-22-26-48-41(29-35)39-13-4-7-17-46(39)54-48/h1-31H. The molecule has 0 unspecified atom stereocenters. The summed E-state index contributed by atoms with van der Waals surface area (Å²) < 4.78 is 19.0. The summed E-state index contributed by atoms with van der Waals surface area (Å²) in [5, 5.41) is 8.97. The monoisotopic (exact) mass is 717 g/mol. The number of benzene rings is 9. The second-order valence-electron chi connectivity index (χ2n) is 14.5. The van der Waals surface area contributed by atoms with Crippen LogP contribution in [0.25, 0.3) is 98.8 Å². The summed E-state index contributed by atoms with van der Waals surface area (Å²) in [5.74, 6) is 0. The smallest absolute Gasteiger partial charge is 0.137 e. The van der Waals surface area contributed by atoms with Gasteiger partial charge in [0.15, 0.2) is 0 Å². The molecule has 3 heterocycles. The van der Waals surface area contributed by atoms with Crippen molar-refractivity contribution in [1.29, 1.82) is 0 Å². The summed E-state index contributed by atoms with van der Waals surface area (Å²) in [5.41, 5.74) is 12.9. The molecule has 262 valence electrons. The fraction of sp³-hybridized carbons (Fsp3) is 0. The number of para-hydroxylation sites is 3. The molecular formula is C52H31NO3. The number of anilines is 3. The van der Waals surface area contributed by atoms with Gasteiger partial charge in [-0.2, -0.15) is 0 Å². The lowest BCUT2D eigenvalue weighted by atomic mass is 9.98. The molecule has 0 atom stereocenters. The Balaban J connectivity index is 1.05. The van der Waals surface area contributed by atoms with E-state index in [0.29, 0.717) is 0 Å². The topological polar surface area (TPSA) is 42.7 Å². The summed E-state index contributed by atoms with van der Waals surface area (Å²) in [7, 11) is 0. The number of rotatable bonds is 5. The van der Waals surface area contributed by atoms with Crippen LogP contribution in [0.3, 0.4) is 0 Å². The number of hydrogen-bond acceptors (Lipinski definition) is 4. The number of nitrogens with zero attached hydrogens (tertiary/aromatic N) is 1. The van der Waals surface area contributed by atoms with Crippen LogP contribution in [0.15, 0.2) is 201 Å². The van der Waals surface area contributed by atoms with Gasteiger partial charge >= 0.3 is 0 Å². The van der Waals surface area contributed by atoms with Gasteiger partial charge < -0.3 is 18.2 Å². The molecule has 0 bridgehead atoms. The van der Waals surface area contributed by atoms with Crippen LogP contribution in [0.4, 0.5) is 17.1 Å². The second kappa shape index (κ2) is 12.0. The van der Waals surface area contributed by atoms with Crippen LogP contribution >= 0.6 is 0 Å². The minimum Gasteiger partial charge on any atom is -0.456 e. The molecule has 0 saturated heterocycles. The number of furan rings is 3. The van der Waals surface area contributed by atoms with E-state index in [-0.39, 0.29) is 0 Å². The normalized spacial score (nSPS) is 11.9. The molecule has 0 N–H and O–H groups in total. The van der Waals surface area contributed by atoms with Crippen LogP contribution in [-0.2, 0) is 0 Å². The van der Waals surface area contributed by atoms with E-state index in [1.165, 1.54) is 10.8 Å². The molecule has 0 aliphatic heterocycles. The lowest BCUT2D eigenvalue weighted by Crippen LogP contribution is -2.11. The average molecular weight is 718 g/mol. The van der Waals surface area contributed by atoms with Crippen molar-refractivity contribution in [3.8, 4) is 22.3 Å². The van der Waals surface area contributed by atoms with Crippen LogP contribution in [0, 0.1) is 0 Å². The van der Waals surface area contributed by atoms with E-state index in [4.69, 9.17) is 13.3 Å². The van der Waals surface area contributed by atoms with Gasteiger partial charge in [-0.05, 0) is 106 Å². The summed E-state index contributed by atoms with van der Waals surface area (Å²) in [6.07, 6.45) is 0. The highest BCUT2D eigenvalue weighted by Gasteiger charge is 2.22. The van der Waals surface area contributed by atoms with Crippen LogP contribution in [0.5, 0.6) is 0 Å². The molecular weight excluding hydrogens is 687 g/mol. The molecule has 3 aromatic heterocycles. The van der Waals surface area contributed by atoms with Gasteiger partial charge in [-0.3, -0.25) is 0 Å². The summed E-state index contributed by atoms with van der Waals surface area (Å²) in [6, 6.07) is 66.3. The highest BCUT2D eigenvalue weighted by molar-refractivity contribution is 6.15. The summed E-state index contributed by atoms with van der Waals surface area (Å²) in [4.78, 5) is 2.38. The largest absolute Gasteiger partial charge is 0.456 e. The van der Waals surface area contributed by atoms with Crippen molar-refractivity contribution >= 4 is 93.7 Å². The van der Waals surface area contributed by atoms with Crippen LogP contribution in [0.1, 0.15) is 0 Å². The predicted molar refractivity (Wildman–Crippen MR) is 231 cm³/mol. The third-order valence-corrected chi connectivity index (χ3v) is 11.3. The molecule has 12 rings (SSSR count). The lowest BCUT2D eigenvalue weighted by Gasteiger charge is -2.28. The van der Waals surface area contributed by atoms with Gasteiger partial charge in [-0.25, -0.2) is 0 Å². The minimum atomic E-state index is 0.849. The van der Waals surface area contributed by atoms with Crippen molar-refractivity contribution < 1.29 is 13.3 Å². The zero-order chi connectivity index (χ0) is 36.7. The maximum absolute atomic E-state index is 6.43. The van der Waals surface area contributed by atoms with Gasteiger partial charge in [0.05, 0.1) is 16.8 Å². The molecule has 12 aromatic rings. The van der Waals surface area contributed by atoms with Crippen molar-refractivity contribution in [3.63, 3.8) is 0 Å². The van der Waals surface area contributed by atoms with Gasteiger partial charge in [-0.1, -0.05) is 109 Å². The fourth-order valence-corrected chi connectivity index (χ4v) is 8.60. The van der Waals surface area contributed by atoms with Crippen molar-refractivity contribution in [1.82, 2.24) is 0 Å². The van der Waals surface area contributed by atoms with Gasteiger partial charge in [0, 0.05) is 38.2 Å². The maximum Gasteiger partial charge on any atom is 0.137 e. The second-order valence-corrected chi connectivity index (χ2v) is 14.5. The molecule has 0 amide bonds. The highest BCUT2D eigenvalue weighted by atomic mass is 16.3. The third kappa shape index (κ3) is 4.73. The maximum atomic E-state index is 6.43. The first-order valence-corrected chi connectivity index (χ1v) is 18.9. The van der Waals surface area contributed by atoms with Crippen molar-refractivity contribution in [2.24, 2.45) is 0 Å². The molecule has 9 aromatic carbocycles. The minimum absolute atomic E-state index is 0.849. The van der Waals surface area contributed by atoms with Crippen molar-refractivity contribution in [3.05, 3.63) is 188 Å². The molecule has 0 radical (unpaired) electrons. The number of fused-ring (bicyclic) bond motifs is 10. The molecule has 56 heavy (non-hydrogen) atoms. The quantitative estimate of drug-likeness (QED) is 0.178. The van der Waals surface area contributed by atoms with Crippen molar-refractivity contribution in [2.45, 2.75) is 0 Å². The SMILES string of the molecule is c1ccc(N(c2ccc(-c3ccc4oc5ccccc5c4c3)cc2)c2cccc3oc4ccccc4c23)c(-c2ccc3oc4cc5ccccc5cc4c3c2)c1. The van der Waals surface area contributed by atoms with Crippen LogP contribution in [-0.4, -0.2) is 0 Å². The zero-order valence-corrected chi connectivity index (χ0v) is 30.1. The Hall–Kier alpha value is -7.56. The van der Waals surface area contributed by atoms with Gasteiger partial charge in [-0.15, -0.1) is 0 Å². The Morgan fingerprint density at radius 3 is 1.68 bits per heavy atom. The van der Waals surface area contributed by atoms with Crippen LogP contribution < -0.4 is 4.90 Å². The Bertz CT molecular complexity index is 3490. The average Bonchev–Trinajstić information content (AvgIpc) is 3.94. The fourth-order valence-electron chi connectivity index (χ4n) is 8.60. The Morgan fingerprint density at radius 1 is 0.304 bits per heavy atom. The molecule has 0 spiro atoms. The van der Waals surface area contributed by atoms with E-state index in [0.717, 1.165) is 105 Å². The molecule has 0 aliphatic rings. The van der Waals surface area contributed by atoms with Crippen molar-refractivity contribution in [2.75, 3.05) is 4.90 Å². The van der Waals surface area contributed by atoms with Crippen LogP contribution in [0.2, 0.25) is 0 Å². The molecule has 0 fully saturated rings. The first kappa shape index (κ1) is 30.9. The van der Waals surface area contributed by atoms with E-state index < -0.39 is 0 Å².